The maximum atomic E-state index is 11.6. The van der Waals surface area contributed by atoms with Crippen molar-refractivity contribution in [3.8, 4) is 16.9 Å². The minimum atomic E-state index is -0.234. The fraction of sp³-hybridized carbons (Fsp3) is 0.200. The van der Waals surface area contributed by atoms with Crippen molar-refractivity contribution in [1.29, 1.82) is 0 Å². The Morgan fingerprint density at radius 1 is 1.23 bits per heavy atom. The van der Waals surface area contributed by atoms with Crippen molar-refractivity contribution < 1.29 is 9.53 Å². The van der Waals surface area contributed by atoms with E-state index >= 15 is 0 Å². The number of rotatable bonds is 4. The Kier molecular flexibility index (Phi) is 7.32. The van der Waals surface area contributed by atoms with Crippen LogP contribution in [0.3, 0.4) is 0 Å². The Labute approximate surface area is 157 Å². The van der Waals surface area contributed by atoms with Crippen LogP contribution in [0.15, 0.2) is 53.5 Å². The molecule has 0 aliphatic heterocycles. The van der Waals surface area contributed by atoms with Gasteiger partial charge in [0.1, 0.15) is 5.75 Å². The van der Waals surface area contributed by atoms with Gasteiger partial charge in [0, 0.05) is 9.58 Å². The zero-order valence-electron chi connectivity index (χ0n) is 15.2. The van der Waals surface area contributed by atoms with Gasteiger partial charge in [-0.1, -0.05) is 30.3 Å². The van der Waals surface area contributed by atoms with Crippen molar-refractivity contribution in [2.75, 3.05) is 21.2 Å². The number of aliphatic imine (C=N–C) groups is 1. The molecule has 0 bridgehead atoms. The van der Waals surface area contributed by atoms with Crippen LogP contribution < -0.4 is 15.8 Å². The summed E-state index contributed by atoms with van der Waals surface area (Å²) in [4.78, 5) is 16.2. The van der Waals surface area contributed by atoms with Gasteiger partial charge < -0.3 is 15.8 Å². The van der Waals surface area contributed by atoms with Gasteiger partial charge in [0.2, 0.25) is 0 Å². The molecular weight excluding hydrogens is 346 g/mol. The van der Waals surface area contributed by atoms with Crippen molar-refractivity contribution in [3.05, 3.63) is 53.4 Å². The number of hydrogen-bond donors (Lipinski definition) is 2. The number of amides is 1. The van der Waals surface area contributed by atoms with Crippen molar-refractivity contribution in [1.82, 2.24) is 5.32 Å². The number of fused-ring (bicyclic) bond motifs is 1. The Morgan fingerprint density at radius 3 is 2.65 bits per heavy atom. The monoisotopic (exact) mass is 369 g/mol. The van der Waals surface area contributed by atoms with Crippen LogP contribution in [0.25, 0.3) is 21.2 Å². The van der Waals surface area contributed by atoms with Crippen LogP contribution in [0.5, 0.6) is 5.75 Å². The first-order valence-corrected chi connectivity index (χ1v) is 8.96. The van der Waals surface area contributed by atoms with Gasteiger partial charge in [-0.15, -0.1) is 11.3 Å². The molecule has 136 valence electrons. The third-order valence-corrected chi connectivity index (χ3v) is 4.70. The first-order chi connectivity index (χ1) is 12.6. The number of carbonyl (C=O) groups is 1. The average Bonchev–Trinajstić information content (AvgIpc) is 3.04. The number of nitrogens with one attached hydrogen (secondary N) is 1. The molecule has 0 spiro atoms. The van der Waals surface area contributed by atoms with E-state index in [1.165, 1.54) is 0 Å². The highest BCUT2D eigenvalue weighted by molar-refractivity contribution is 7.19. The van der Waals surface area contributed by atoms with E-state index < -0.39 is 0 Å². The van der Waals surface area contributed by atoms with Gasteiger partial charge in [-0.2, -0.15) is 0 Å². The number of nitrogens with two attached hydrogens (primary N) is 1. The number of thiophene rings is 1. The Balaban J connectivity index is 0.000000758. The third-order valence-electron chi connectivity index (χ3n) is 3.52. The van der Waals surface area contributed by atoms with E-state index in [1.807, 2.05) is 44.4 Å². The molecule has 0 saturated heterocycles. The summed E-state index contributed by atoms with van der Waals surface area (Å²) in [7, 11) is 5.41. The van der Waals surface area contributed by atoms with E-state index in [4.69, 9.17) is 10.5 Å². The SMILES string of the molecule is CNC.COc1cccc(-c2cccc3cc(CC(=O)N=CN)sc23)c1. The van der Waals surface area contributed by atoms with Crippen LogP contribution in [-0.2, 0) is 11.2 Å². The van der Waals surface area contributed by atoms with E-state index in [9.17, 15) is 4.79 Å². The molecule has 1 aromatic heterocycles. The van der Waals surface area contributed by atoms with E-state index in [-0.39, 0.29) is 12.3 Å². The number of ether oxygens (including phenoxy) is 1. The molecular formula is C20H23N3O2S. The third kappa shape index (κ3) is 4.91. The quantitative estimate of drug-likeness (QED) is 0.545. The minimum Gasteiger partial charge on any atom is -0.497 e. The van der Waals surface area contributed by atoms with Crippen LogP contribution >= 0.6 is 11.3 Å². The summed E-state index contributed by atoms with van der Waals surface area (Å²) in [5, 5.41) is 3.87. The molecule has 3 aromatic rings. The lowest BCUT2D eigenvalue weighted by atomic mass is 10.0. The molecule has 26 heavy (non-hydrogen) atoms. The molecule has 6 heteroatoms. The van der Waals surface area contributed by atoms with Crippen molar-refractivity contribution in [3.63, 3.8) is 0 Å². The lowest BCUT2D eigenvalue weighted by Gasteiger charge is -2.06. The van der Waals surface area contributed by atoms with Crippen LogP contribution in [0.4, 0.5) is 0 Å². The number of benzene rings is 2. The smallest absolute Gasteiger partial charge is 0.252 e. The van der Waals surface area contributed by atoms with Crippen molar-refractivity contribution in [2.24, 2.45) is 10.7 Å². The maximum absolute atomic E-state index is 11.6. The summed E-state index contributed by atoms with van der Waals surface area (Å²) in [5.74, 6) is 0.589. The number of hydrogen-bond acceptors (Lipinski definition) is 4. The predicted octanol–water partition coefficient (Wildman–Crippen LogP) is 3.47. The molecule has 0 aliphatic rings. The molecule has 1 amide bonds. The summed E-state index contributed by atoms with van der Waals surface area (Å²) < 4.78 is 6.46. The van der Waals surface area contributed by atoms with Crippen LogP contribution in [-0.4, -0.2) is 33.5 Å². The van der Waals surface area contributed by atoms with Gasteiger partial charge in [-0.25, -0.2) is 4.99 Å². The lowest BCUT2D eigenvalue weighted by Crippen LogP contribution is -2.00. The largest absolute Gasteiger partial charge is 0.497 e. The highest BCUT2D eigenvalue weighted by atomic mass is 32.1. The topological polar surface area (TPSA) is 76.7 Å². The molecule has 2 aromatic carbocycles. The maximum Gasteiger partial charge on any atom is 0.252 e. The zero-order chi connectivity index (χ0) is 18.9. The second kappa shape index (κ2) is 9.70. The van der Waals surface area contributed by atoms with Crippen LogP contribution in [0.2, 0.25) is 0 Å². The van der Waals surface area contributed by atoms with Crippen molar-refractivity contribution >= 4 is 33.7 Å². The minimum absolute atomic E-state index is 0.234. The lowest BCUT2D eigenvalue weighted by molar-refractivity contribution is -0.117. The van der Waals surface area contributed by atoms with E-state index in [2.05, 4.69) is 28.5 Å². The Bertz CT molecular complexity index is 903. The summed E-state index contributed by atoms with van der Waals surface area (Å²) in [6, 6.07) is 16.2. The second-order valence-corrected chi connectivity index (χ2v) is 6.65. The normalized spacial score (nSPS) is 10.6. The molecule has 0 atom stereocenters. The van der Waals surface area contributed by atoms with E-state index in [0.29, 0.717) is 0 Å². The number of nitrogens with zero attached hydrogens (tertiary/aromatic N) is 1. The number of methoxy groups -OCH3 is 1. The molecule has 3 rings (SSSR count). The molecule has 0 aliphatic carbocycles. The van der Waals surface area contributed by atoms with Crippen LogP contribution in [0, 0.1) is 0 Å². The standard InChI is InChI=1S/C18H16N2O2S.C2H7N/c1-22-14-6-2-4-12(8-14)16-7-3-5-13-9-15(23-18(13)16)10-17(21)20-11-19;1-3-2/h2-9,11H,10H2,1H3,(H2,19,20,21);3H,1-2H3. The Morgan fingerprint density at radius 2 is 1.96 bits per heavy atom. The highest BCUT2D eigenvalue weighted by Crippen LogP contribution is 2.36. The van der Waals surface area contributed by atoms with E-state index in [0.717, 1.165) is 38.2 Å². The molecule has 0 radical (unpaired) electrons. The number of carbonyl (C=O) groups excluding carboxylic acids is 1. The second-order valence-electron chi connectivity index (χ2n) is 5.52. The van der Waals surface area contributed by atoms with Crippen LogP contribution in [0.1, 0.15) is 4.88 Å². The Hall–Kier alpha value is -2.70. The van der Waals surface area contributed by atoms with Gasteiger partial charge in [-0.05, 0) is 48.8 Å². The molecule has 3 N–H and O–H groups in total. The van der Waals surface area contributed by atoms with Gasteiger partial charge in [0.05, 0.1) is 19.9 Å². The van der Waals surface area contributed by atoms with E-state index in [1.54, 1.807) is 18.4 Å². The molecule has 0 unspecified atom stereocenters. The summed E-state index contributed by atoms with van der Waals surface area (Å²) in [6.07, 6.45) is 1.31. The zero-order valence-corrected chi connectivity index (χ0v) is 16.0. The van der Waals surface area contributed by atoms with Gasteiger partial charge >= 0.3 is 0 Å². The van der Waals surface area contributed by atoms with Crippen molar-refractivity contribution in [2.45, 2.75) is 6.42 Å². The highest BCUT2D eigenvalue weighted by Gasteiger charge is 2.11. The first kappa shape index (κ1) is 19.6. The summed E-state index contributed by atoms with van der Waals surface area (Å²) >= 11 is 1.61. The van der Waals surface area contributed by atoms with Gasteiger partial charge in [0.15, 0.2) is 0 Å². The molecule has 0 saturated carbocycles. The molecule has 1 heterocycles. The predicted molar refractivity (Wildman–Crippen MR) is 110 cm³/mol. The fourth-order valence-electron chi connectivity index (χ4n) is 2.50. The fourth-order valence-corrected chi connectivity index (χ4v) is 3.68. The average molecular weight is 369 g/mol. The molecule has 5 nitrogen and oxygen atoms in total. The first-order valence-electron chi connectivity index (χ1n) is 8.14. The van der Waals surface area contributed by atoms with Gasteiger partial charge in [-0.3, -0.25) is 4.79 Å². The molecule has 0 fully saturated rings. The summed E-state index contributed by atoms with van der Waals surface area (Å²) in [6.45, 7) is 0. The van der Waals surface area contributed by atoms with Gasteiger partial charge in [0.25, 0.3) is 5.91 Å². The summed E-state index contributed by atoms with van der Waals surface area (Å²) in [5.41, 5.74) is 7.39.